The Morgan fingerprint density at radius 3 is 2.08 bits per heavy atom. The van der Waals surface area contributed by atoms with Gasteiger partial charge in [0.05, 0.1) is 0 Å². The summed E-state index contributed by atoms with van der Waals surface area (Å²) in [6.45, 7) is 5.30. The summed E-state index contributed by atoms with van der Waals surface area (Å²) < 4.78 is 12.0. The van der Waals surface area contributed by atoms with E-state index in [1.807, 2.05) is 31.2 Å². The minimum absolute atomic E-state index is 0.224. The number of Topliss-reactive ketones (excluding diaryl/α,β-unsaturated/α-hetero) is 2. The van der Waals surface area contributed by atoms with Crippen molar-refractivity contribution in [2.24, 2.45) is 0 Å². The third-order valence-corrected chi connectivity index (χ3v) is 4.91. The van der Waals surface area contributed by atoms with Crippen molar-refractivity contribution in [3.8, 4) is 0 Å². The fourth-order valence-electron chi connectivity index (χ4n) is 3.60. The number of ketones is 2. The molecule has 2 aliphatic heterocycles. The molecule has 24 heavy (non-hydrogen) atoms. The molecule has 0 amide bonds. The average molecular weight is 322 g/mol. The zero-order valence-corrected chi connectivity index (χ0v) is 13.8. The molecule has 4 nitrogen and oxygen atoms in total. The van der Waals surface area contributed by atoms with Crippen molar-refractivity contribution in [2.45, 2.75) is 38.3 Å². The van der Waals surface area contributed by atoms with E-state index in [1.165, 1.54) is 0 Å². The van der Waals surface area contributed by atoms with Crippen LogP contribution in [0.3, 0.4) is 0 Å². The second-order valence-electron chi connectivity index (χ2n) is 6.77. The van der Waals surface area contributed by atoms with Crippen molar-refractivity contribution in [1.29, 1.82) is 0 Å². The van der Waals surface area contributed by atoms with Crippen LogP contribution in [0.2, 0.25) is 0 Å². The Bertz CT molecular complexity index is 854. The van der Waals surface area contributed by atoms with E-state index in [0.717, 1.165) is 11.1 Å². The molecule has 0 aliphatic carbocycles. The molecule has 0 N–H and O–H groups in total. The molecule has 2 aromatic carbocycles. The largest absolute Gasteiger partial charge is 0.332 e. The van der Waals surface area contributed by atoms with Crippen molar-refractivity contribution >= 4 is 11.6 Å². The van der Waals surface area contributed by atoms with Gasteiger partial charge in [0.25, 0.3) is 0 Å². The Morgan fingerprint density at radius 2 is 1.46 bits per heavy atom. The van der Waals surface area contributed by atoms with Gasteiger partial charge >= 0.3 is 0 Å². The summed E-state index contributed by atoms with van der Waals surface area (Å²) in [7, 11) is 0. The van der Waals surface area contributed by atoms with Crippen LogP contribution in [-0.2, 0) is 9.47 Å². The first kappa shape index (κ1) is 15.2. The number of fused-ring (bicyclic) bond motifs is 3. The lowest BCUT2D eigenvalue weighted by atomic mass is 9.83. The van der Waals surface area contributed by atoms with Crippen LogP contribution >= 0.6 is 0 Å². The van der Waals surface area contributed by atoms with Crippen molar-refractivity contribution in [3.05, 3.63) is 70.8 Å². The lowest BCUT2D eigenvalue weighted by molar-refractivity contribution is -0.131. The summed E-state index contributed by atoms with van der Waals surface area (Å²) >= 11 is 0. The van der Waals surface area contributed by atoms with Crippen molar-refractivity contribution in [2.75, 3.05) is 0 Å². The second kappa shape index (κ2) is 4.85. The molecule has 122 valence electrons. The van der Waals surface area contributed by atoms with Gasteiger partial charge < -0.3 is 9.47 Å². The first-order valence-electron chi connectivity index (χ1n) is 7.98. The Balaban J connectivity index is 1.91. The average Bonchev–Trinajstić information content (AvgIpc) is 2.84. The summed E-state index contributed by atoms with van der Waals surface area (Å²) in [6.07, 6.45) is -0.632. The maximum atomic E-state index is 13.2. The monoisotopic (exact) mass is 322 g/mol. The zero-order valence-electron chi connectivity index (χ0n) is 13.8. The molecule has 0 aromatic heterocycles. The maximum Gasteiger partial charge on any atom is 0.232 e. The number of rotatable bonds is 1. The molecule has 0 saturated carbocycles. The quantitative estimate of drug-likeness (QED) is 0.804. The molecule has 1 fully saturated rings. The predicted octanol–water partition coefficient (Wildman–Crippen LogP) is 3.64. The van der Waals surface area contributed by atoms with Crippen LogP contribution in [0.5, 0.6) is 0 Å². The van der Waals surface area contributed by atoms with E-state index in [1.54, 1.807) is 38.1 Å². The highest BCUT2D eigenvalue weighted by Gasteiger charge is 2.62. The van der Waals surface area contributed by atoms with Crippen LogP contribution in [0.15, 0.2) is 48.5 Å². The van der Waals surface area contributed by atoms with Crippen molar-refractivity contribution in [3.63, 3.8) is 0 Å². The summed E-state index contributed by atoms with van der Waals surface area (Å²) in [5, 5.41) is 0. The Labute approximate surface area is 140 Å². The van der Waals surface area contributed by atoms with Gasteiger partial charge in [0, 0.05) is 11.1 Å². The first-order valence-corrected chi connectivity index (χ1v) is 7.98. The number of ether oxygens (including phenoxy) is 2. The van der Waals surface area contributed by atoms with Gasteiger partial charge in [-0.15, -0.1) is 0 Å². The highest BCUT2D eigenvalue weighted by molar-refractivity contribution is 6.16. The number of benzene rings is 2. The van der Waals surface area contributed by atoms with Crippen LogP contribution in [0.1, 0.15) is 51.8 Å². The Hall–Kier alpha value is -2.30. The van der Waals surface area contributed by atoms with Gasteiger partial charge in [0.1, 0.15) is 6.10 Å². The molecule has 2 aliphatic rings. The Kier molecular flexibility index (Phi) is 3.08. The van der Waals surface area contributed by atoms with Gasteiger partial charge in [0.2, 0.25) is 11.6 Å². The highest BCUT2D eigenvalue weighted by atomic mass is 16.8. The molecule has 2 aromatic rings. The van der Waals surface area contributed by atoms with E-state index >= 15 is 0 Å². The fourth-order valence-corrected chi connectivity index (χ4v) is 3.60. The standard InChI is InChI=1S/C20H18O4/c1-12-8-10-13(11-9-12)18-19(2)16(21)14-6-4-5-7-15(14)17(22)20(3,23-18)24-19/h4-11,18H,1-3H3/t18-,19-,20+/m0/s1. The van der Waals surface area contributed by atoms with Gasteiger partial charge in [-0.05, 0) is 26.3 Å². The molecule has 2 bridgehead atoms. The van der Waals surface area contributed by atoms with E-state index < -0.39 is 17.5 Å². The predicted molar refractivity (Wildman–Crippen MR) is 88.0 cm³/mol. The van der Waals surface area contributed by atoms with Crippen molar-refractivity contribution < 1.29 is 19.1 Å². The third-order valence-electron chi connectivity index (χ3n) is 4.91. The molecular weight excluding hydrogens is 304 g/mol. The summed E-state index contributed by atoms with van der Waals surface area (Å²) in [5.41, 5.74) is 1.45. The second-order valence-corrected chi connectivity index (χ2v) is 6.77. The lowest BCUT2D eigenvalue weighted by Gasteiger charge is -2.27. The van der Waals surface area contributed by atoms with Crippen molar-refractivity contribution in [1.82, 2.24) is 0 Å². The van der Waals surface area contributed by atoms with Gasteiger partial charge in [-0.2, -0.15) is 0 Å². The third kappa shape index (κ3) is 1.93. The molecule has 4 heteroatoms. The highest BCUT2D eigenvalue weighted by Crippen LogP contribution is 2.50. The zero-order chi connectivity index (χ0) is 17.1. The molecular formula is C20H18O4. The summed E-state index contributed by atoms with van der Waals surface area (Å²) in [5.74, 6) is -2.00. The Morgan fingerprint density at radius 1 is 0.875 bits per heavy atom. The molecule has 0 radical (unpaired) electrons. The number of aryl methyl sites for hydroxylation is 1. The van der Waals surface area contributed by atoms with Crippen LogP contribution in [-0.4, -0.2) is 23.0 Å². The lowest BCUT2D eigenvalue weighted by Crippen LogP contribution is -2.41. The van der Waals surface area contributed by atoms with E-state index in [2.05, 4.69) is 0 Å². The van der Waals surface area contributed by atoms with Crippen LogP contribution < -0.4 is 0 Å². The maximum absolute atomic E-state index is 13.2. The molecule has 0 unspecified atom stereocenters. The summed E-state index contributed by atoms with van der Waals surface area (Å²) in [4.78, 5) is 26.1. The molecule has 3 atom stereocenters. The fraction of sp³-hybridized carbons (Fsp3) is 0.300. The SMILES string of the molecule is Cc1ccc([C@@H]2O[C@]3(C)O[C@@]2(C)C(=O)c2ccccc2C3=O)cc1. The molecule has 0 spiro atoms. The number of hydrogen-bond donors (Lipinski definition) is 0. The van der Waals surface area contributed by atoms with Gasteiger partial charge in [-0.25, -0.2) is 0 Å². The minimum Gasteiger partial charge on any atom is -0.332 e. The van der Waals surface area contributed by atoms with Crippen LogP contribution in [0.25, 0.3) is 0 Å². The summed E-state index contributed by atoms with van der Waals surface area (Å²) in [6, 6.07) is 14.6. The van der Waals surface area contributed by atoms with E-state index in [9.17, 15) is 9.59 Å². The number of carbonyl (C=O) groups excluding carboxylic acids is 2. The van der Waals surface area contributed by atoms with Gasteiger partial charge in [0.15, 0.2) is 11.4 Å². The topological polar surface area (TPSA) is 52.6 Å². The number of hydrogen-bond acceptors (Lipinski definition) is 4. The molecule has 4 rings (SSSR count). The first-order chi connectivity index (χ1) is 11.3. The smallest absolute Gasteiger partial charge is 0.232 e. The molecule has 2 heterocycles. The van der Waals surface area contributed by atoms with E-state index in [4.69, 9.17) is 9.47 Å². The normalized spacial score (nSPS) is 31.7. The van der Waals surface area contributed by atoms with Crippen LogP contribution in [0.4, 0.5) is 0 Å². The molecule has 1 saturated heterocycles. The van der Waals surface area contributed by atoms with Gasteiger partial charge in [-0.3, -0.25) is 9.59 Å². The minimum atomic E-state index is -1.47. The number of carbonyl (C=O) groups is 2. The van der Waals surface area contributed by atoms with E-state index in [0.29, 0.717) is 11.1 Å². The van der Waals surface area contributed by atoms with Gasteiger partial charge in [-0.1, -0.05) is 54.1 Å². The van der Waals surface area contributed by atoms with E-state index in [-0.39, 0.29) is 11.6 Å². The van der Waals surface area contributed by atoms with Crippen LogP contribution in [0, 0.1) is 6.92 Å².